The average molecular weight is 328 g/mol. The molecule has 4 nitrogen and oxygen atoms in total. The number of ether oxygens (including phenoxy) is 2. The molecule has 4 heteroatoms. The normalized spacial score (nSPS) is 26.3. The average Bonchev–Trinajstić information content (AvgIpc) is 2.92. The van der Waals surface area contributed by atoms with Crippen LogP contribution in [0.15, 0.2) is 54.6 Å². The quantitative estimate of drug-likeness (QED) is 0.828. The third-order valence-electron chi connectivity index (χ3n) is 4.74. The molecule has 2 aromatic carbocycles. The fraction of sp³-hybridized carbons (Fsp3) is 0.400. The Morgan fingerprint density at radius 2 is 1.62 bits per heavy atom. The molecule has 2 unspecified atom stereocenters. The molecule has 0 radical (unpaired) electrons. The van der Waals surface area contributed by atoms with Crippen molar-refractivity contribution in [1.29, 1.82) is 0 Å². The number of aliphatic hydroxyl groups is 1. The fourth-order valence-electron chi connectivity index (χ4n) is 3.44. The van der Waals surface area contributed by atoms with Gasteiger partial charge >= 0.3 is 0 Å². The number of likely N-dealkylation sites (N-methyl/N-ethyl adjacent to an activating group) is 1. The van der Waals surface area contributed by atoms with Gasteiger partial charge < -0.3 is 14.6 Å². The van der Waals surface area contributed by atoms with E-state index in [2.05, 4.69) is 19.2 Å². The highest BCUT2D eigenvalue weighted by atomic mass is 16.5. The molecule has 0 bridgehead atoms. The van der Waals surface area contributed by atoms with Crippen LogP contribution in [0.25, 0.3) is 0 Å². The minimum absolute atomic E-state index is 0.276. The first-order chi connectivity index (χ1) is 11.5. The van der Waals surface area contributed by atoms with E-state index in [9.17, 15) is 5.11 Å². The van der Waals surface area contributed by atoms with Crippen molar-refractivity contribution < 1.29 is 14.6 Å². The molecule has 1 aliphatic rings. The van der Waals surface area contributed by atoms with Gasteiger partial charge in [0.2, 0.25) is 0 Å². The van der Waals surface area contributed by atoms with Gasteiger partial charge in [-0.3, -0.25) is 4.48 Å². The minimum Gasteiger partial charge on any atom is -0.490 e. The first-order valence-corrected chi connectivity index (χ1v) is 8.52. The molecular weight excluding hydrogens is 302 g/mol. The molecule has 3 rings (SSSR count). The van der Waals surface area contributed by atoms with Crippen molar-refractivity contribution in [2.24, 2.45) is 0 Å². The zero-order chi connectivity index (χ0) is 17.0. The van der Waals surface area contributed by atoms with E-state index < -0.39 is 5.60 Å². The van der Waals surface area contributed by atoms with E-state index in [1.807, 2.05) is 49.4 Å². The molecule has 2 aromatic rings. The Balaban J connectivity index is 1.68. The summed E-state index contributed by atoms with van der Waals surface area (Å²) in [6.45, 7) is 4.36. The van der Waals surface area contributed by atoms with Crippen LogP contribution < -0.4 is 14.0 Å². The largest absolute Gasteiger partial charge is 0.490 e. The SMILES string of the molecule is CCOc1ccccc1OCC1(O)CC[N+](C)(c2ccccc2)C1. The molecule has 0 aromatic heterocycles. The maximum atomic E-state index is 11.0. The van der Waals surface area contributed by atoms with Gasteiger partial charge in [0.25, 0.3) is 0 Å². The molecule has 0 aliphatic carbocycles. The van der Waals surface area contributed by atoms with Gasteiger partial charge in [-0.1, -0.05) is 30.3 Å². The van der Waals surface area contributed by atoms with Crippen molar-refractivity contribution in [2.75, 3.05) is 33.4 Å². The van der Waals surface area contributed by atoms with Gasteiger partial charge in [-0.25, -0.2) is 0 Å². The summed E-state index contributed by atoms with van der Waals surface area (Å²) in [5, 5.41) is 11.0. The number of rotatable bonds is 6. The van der Waals surface area contributed by atoms with Crippen LogP contribution in [0, 0.1) is 0 Å². The smallest absolute Gasteiger partial charge is 0.161 e. The van der Waals surface area contributed by atoms with Gasteiger partial charge in [0.05, 0.1) is 20.2 Å². The zero-order valence-electron chi connectivity index (χ0n) is 14.4. The summed E-state index contributed by atoms with van der Waals surface area (Å²) in [5.41, 5.74) is 0.396. The standard InChI is InChI=1S/C20H26NO3/c1-3-23-18-11-7-8-12-19(18)24-16-20(22)13-14-21(2,15-20)17-9-5-4-6-10-17/h4-12,22H,3,13-16H2,1-2H3/q+1. The first-order valence-electron chi connectivity index (χ1n) is 8.52. The molecule has 1 saturated heterocycles. The Hall–Kier alpha value is -2.04. The molecular formula is C20H26NO3+. The molecule has 24 heavy (non-hydrogen) atoms. The van der Waals surface area contributed by atoms with Gasteiger partial charge in [0.1, 0.15) is 18.8 Å². The summed E-state index contributed by atoms with van der Waals surface area (Å²) in [6.07, 6.45) is 0.717. The van der Waals surface area contributed by atoms with Gasteiger partial charge in [-0.2, -0.15) is 0 Å². The lowest BCUT2D eigenvalue weighted by molar-refractivity contribution is 0.00537. The maximum Gasteiger partial charge on any atom is 0.161 e. The Labute approximate surface area is 143 Å². The van der Waals surface area contributed by atoms with Crippen LogP contribution in [0.1, 0.15) is 13.3 Å². The second-order valence-electron chi connectivity index (χ2n) is 6.76. The monoisotopic (exact) mass is 328 g/mol. The molecule has 1 heterocycles. The lowest BCUT2D eigenvalue weighted by Gasteiger charge is -2.31. The fourth-order valence-corrected chi connectivity index (χ4v) is 3.44. The Bertz CT molecular complexity index is 676. The molecule has 128 valence electrons. The number of hydrogen-bond acceptors (Lipinski definition) is 3. The number of para-hydroxylation sites is 3. The summed E-state index contributed by atoms with van der Waals surface area (Å²) in [5.74, 6) is 1.41. The molecule has 2 atom stereocenters. The number of nitrogens with zero attached hydrogens (tertiary/aromatic N) is 1. The van der Waals surface area contributed by atoms with E-state index in [0.717, 1.165) is 23.2 Å². The molecule has 0 spiro atoms. The first kappa shape index (κ1) is 16.8. The van der Waals surface area contributed by atoms with E-state index in [1.165, 1.54) is 5.69 Å². The van der Waals surface area contributed by atoms with Crippen LogP contribution in [0.4, 0.5) is 5.69 Å². The van der Waals surface area contributed by atoms with E-state index in [4.69, 9.17) is 9.47 Å². The Morgan fingerprint density at radius 3 is 2.29 bits per heavy atom. The number of quaternary nitrogens is 1. The summed E-state index contributed by atoms with van der Waals surface area (Å²) in [6, 6.07) is 18.0. The van der Waals surface area contributed by atoms with Crippen LogP contribution in [-0.4, -0.2) is 44.1 Å². The lowest BCUT2D eigenvalue weighted by Crippen LogP contribution is -2.48. The van der Waals surface area contributed by atoms with Crippen molar-refractivity contribution >= 4 is 5.69 Å². The summed E-state index contributed by atoms with van der Waals surface area (Å²) in [7, 11) is 2.17. The van der Waals surface area contributed by atoms with Crippen LogP contribution in [0.2, 0.25) is 0 Å². The molecule has 0 amide bonds. The molecule has 1 fully saturated rings. The van der Waals surface area contributed by atoms with Crippen molar-refractivity contribution in [3.05, 3.63) is 54.6 Å². The van der Waals surface area contributed by atoms with Gasteiger partial charge in [-0.05, 0) is 31.2 Å². The molecule has 1 N–H and O–H groups in total. The third kappa shape index (κ3) is 3.55. The van der Waals surface area contributed by atoms with Crippen LogP contribution in [0.3, 0.4) is 0 Å². The second-order valence-corrected chi connectivity index (χ2v) is 6.76. The highest BCUT2D eigenvalue weighted by Crippen LogP contribution is 2.34. The second kappa shape index (κ2) is 6.83. The van der Waals surface area contributed by atoms with Crippen LogP contribution >= 0.6 is 0 Å². The molecule has 0 saturated carbocycles. The third-order valence-corrected chi connectivity index (χ3v) is 4.74. The summed E-state index contributed by atoms with van der Waals surface area (Å²) < 4.78 is 12.2. The van der Waals surface area contributed by atoms with E-state index in [1.54, 1.807) is 0 Å². The van der Waals surface area contributed by atoms with E-state index in [-0.39, 0.29) is 6.61 Å². The number of benzene rings is 2. The van der Waals surface area contributed by atoms with Crippen molar-refractivity contribution in [2.45, 2.75) is 18.9 Å². The topological polar surface area (TPSA) is 38.7 Å². The predicted molar refractivity (Wildman–Crippen MR) is 96.6 cm³/mol. The van der Waals surface area contributed by atoms with Crippen molar-refractivity contribution in [3.8, 4) is 11.5 Å². The minimum atomic E-state index is -0.829. The highest BCUT2D eigenvalue weighted by molar-refractivity contribution is 5.43. The van der Waals surface area contributed by atoms with Gasteiger partial charge in [-0.15, -0.1) is 0 Å². The Morgan fingerprint density at radius 1 is 1.00 bits per heavy atom. The van der Waals surface area contributed by atoms with E-state index >= 15 is 0 Å². The summed E-state index contributed by atoms with van der Waals surface area (Å²) >= 11 is 0. The number of hydrogen-bond donors (Lipinski definition) is 1. The van der Waals surface area contributed by atoms with Crippen LogP contribution in [0.5, 0.6) is 11.5 Å². The van der Waals surface area contributed by atoms with Crippen LogP contribution in [-0.2, 0) is 0 Å². The number of likely N-dealkylation sites (tertiary alicyclic amines) is 1. The zero-order valence-corrected chi connectivity index (χ0v) is 14.4. The maximum absolute atomic E-state index is 11.0. The van der Waals surface area contributed by atoms with Gasteiger partial charge in [0, 0.05) is 6.42 Å². The predicted octanol–water partition coefficient (Wildman–Crippen LogP) is 3.24. The lowest BCUT2D eigenvalue weighted by atomic mass is 10.1. The molecule has 1 aliphatic heterocycles. The van der Waals surface area contributed by atoms with Crippen molar-refractivity contribution in [1.82, 2.24) is 4.48 Å². The van der Waals surface area contributed by atoms with E-state index in [0.29, 0.717) is 18.9 Å². The Kier molecular flexibility index (Phi) is 4.78. The van der Waals surface area contributed by atoms with Crippen molar-refractivity contribution in [3.63, 3.8) is 0 Å². The highest BCUT2D eigenvalue weighted by Gasteiger charge is 2.47. The summed E-state index contributed by atoms with van der Waals surface area (Å²) in [4.78, 5) is 0. The van der Waals surface area contributed by atoms with Gasteiger partial charge in [0.15, 0.2) is 17.1 Å².